The minimum Gasteiger partial charge on any atom is -0.492 e. The summed E-state index contributed by atoms with van der Waals surface area (Å²) in [5.74, 6) is -3.30. The number of benzene rings is 3. The highest BCUT2D eigenvalue weighted by Gasteiger charge is 2.36. The van der Waals surface area contributed by atoms with Gasteiger partial charge in [0.25, 0.3) is 0 Å². The molecule has 5 rings (SSSR count). The summed E-state index contributed by atoms with van der Waals surface area (Å²) in [6.07, 6.45) is 0.657. The molecular formula is C51H63N9O8. The third kappa shape index (κ3) is 13.3. The van der Waals surface area contributed by atoms with Gasteiger partial charge in [-0.05, 0) is 66.1 Å². The van der Waals surface area contributed by atoms with Gasteiger partial charge in [-0.25, -0.2) is 14.8 Å². The second-order valence-corrected chi connectivity index (χ2v) is 18.1. The highest BCUT2D eigenvalue weighted by Crippen LogP contribution is 2.41. The van der Waals surface area contributed by atoms with Gasteiger partial charge in [-0.1, -0.05) is 64.1 Å². The maximum Gasteiger partial charge on any atom is 0.312 e. The van der Waals surface area contributed by atoms with E-state index in [9.17, 15) is 34.0 Å². The van der Waals surface area contributed by atoms with Gasteiger partial charge in [-0.3, -0.25) is 24.0 Å². The molecule has 0 aliphatic carbocycles. The fraction of sp³-hybridized carbons (Fsp3) is 0.431. The Morgan fingerprint density at radius 1 is 0.956 bits per heavy atom. The lowest BCUT2D eigenvalue weighted by Crippen LogP contribution is -2.46. The average Bonchev–Trinajstić information content (AvgIpc) is 3.30. The third-order valence-corrected chi connectivity index (χ3v) is 11.9. The maximum atomic E-state index is 14.9. The summed E-state index contributed by atoms with van der Waals surface area (Å²) in [5, 5.41) is 14.6. The molecule has 17 heteroatoms. The minimum atomic E-state index is -1.32. The highest BCUT2D eigenvalue weighted by atomic mass is 16.5. The quantitative estimate of drug-likeness (QED) is 0.0819. The first-order valence-electron chi connectivity index (χ1n) is 22.8. The number of nitrogens with zero attached hydrogens (tertiary/aromatic N) is 4. The number of nitrogens with one attached hydrogen (secondary N) is 2. The number of carbonyl (C=O) groups is 6. The monoisotopic (exact) mass is 929 g/mol. The molecule has 0 spiro atoms. The molecule has 4 aromatic rings. The molecule has 4 bridgehead atoms. The Morgan fingerprint density at radius 2 is 1.60 bits per heavy atom. The lowest BCUT2D eigenvalue weighted by atomic mass is 9.86. The van der Waals surface area contributed by atoms with E-state index in [2.05, 4.69) is 41.4 Å². The average molecular weight is 930 g/mol. The van der Waals surface area contributed by atoms with Crippen molar-refractivity contribution in [3.8, 4) is 40.1 Å². The molecule has 68 heavy (non-hydrogen) atoms. The van der Waals surface area contributed by atoms with Gasteiger partial charge in [0.15, 0.2) is 23.2 Å². The van der Waals surface area contributed by atoms with Gasteiger partial charge in [0, 0.05) is 87.1 Å². The van der Waals surface area contributed by atoms with Crippen LogP contribution in [0.2, 0.25) is 0 Å². The van der Waals surface area contributed by atoms with E-state index in [-0.39, 0.29) is 88.1 Å². The number of ketones is 3. The Bertz CT molecular complexity index is 2530. The van der Waals surface area contributed by atoms with E-state index in [0.29, 0.717) is 45.3 Å². The number of carbonyl (C=O) groups excluding carboxylic acids is 6. The Labute approximate surface area is 397 Å². The van der Waals surface area contributed by atoms with Crippen LogP contribution < -0.4 is 37.3 Å². The molecule has 0 saturated heterocycles. The zero-order valence-electron chi connectivity index (χ0n) is 39.7. The van der Waals surface area contributed by atoms with Crippen molar-refractivity contribution in [1.29, 1.82) is 5.26 Å². The zero-order chi connectivity index (χ0) is 49.7. The number of hydrogen-bond acceptors (Lipinski definition) is 13. The summed E-state index contributed by atoms with van der Waals surface area (Å²) in [5.41, 5.74) is 21.6. The molecule has 1 aliphatic heterocycles. The van der Waals surface area contributed by atoms with Gasteiger partial charge in [0.2, 0.25) is 11.8 Å². The van der Waals surface area contributed by atoms with Crippen LogP contribution in [0.1, 0.15) is 98.6 Å². The predicted octanol–water partition coefficient (Wildman–Crippen LogP) is 5.05. The van der Waals surface area contributed by atoms with E-state index in [1.54, 1.807) is 50.2 Å². The lowest BCUT2D eigenvalue weighted by Gasteiger charge is -2.32. The van der Waals surface area contributed by atoms with Crippen LogP contribution in [0.25, 0.3) is 22.5 Å². The van der Waals surface area contributed by atoms with Crippen LogP contribution in [0.5, 0.6) is 11.5 Å². The predicted molar refractivity (Wildman–Crippen MR) is 256 cm³/mol. The Kier molecular flexibility index (Phi) is 18.0. The lowest BCUT2D eigenvalue weighted by molar-refractivity contribution is -0.142. The molecule has 0 saturated carbocycles. The van der Waals surface area contributed by atoms with Crippen molar-refractivity contribution in [1.82, 2.24) is 25.5 Å². The van der Waals surface area contributed by atoms with E-state index in [1.807, 2.05) is 30.3 Å². The molecule has 360 valence electrons. The van der Waals surface area contributed by atoms with Gasteiger partial charge in [-0.2, -0.15) is 5.26 Å². The summed E-state index contributed by atoms with van der Waals surface area (Å²) in [6, 6.07) is 17.0. The molecular weight excluding hydrogens is 867 g/mol. The molecule has 1 aliphatic rings. The van der Waals surface area contributed by atoms with Gasteiger partial charge in [0.1, 0.15) is 30.8 Å². The summed E-state index contributed by atoms with van der Waals surface area (Å²) in [7, 11) is 1.45. The molecule has 0 radical (unpaired) electrons. The number of amides is 4. The summed E-state index contributed by atoms with van der Waals surface area (Å²) in [6.45, 7) is 10.2. The van der Waals surface area contributed by atoms with Crippen molar-refractivity contribution in [2.45, 2.75) is 90.6 Å². The van der Waals surface area contributed by atoms with Crippen LogP contribution >= 0.6 is 0 Å². The smallest absolute Gasteiger partial charge is 0.312 e. The second-order valence-electron chi connectivity index (χ2n) is 18.1. The van der Waals surface area contributed by atoms with E-state index in [1.165, 1.54) is 18.1 Å². The third-order valence-electron chi connectivity index (χ3n) is 11.9. The summed E-state index contributed by atoms with van der Waals surface area (Å²) >= 11 is 0. The van der Waals surface area contributed by atoms with Crippen molar-refractivity contribution in [3.05, 3.63) is 94.8 Å². The normalized spacial score (nSPS) is 16.6. The topological polar surface area (TPSA) is 276 Å². The van der Waals surface area contributed by atoms with Crippen LogP contribution in [-0.4, -0.2) is 96.0 Å². The standard InChI is InChI=1S/C51H63N9O8/c1-30-24-43(63)46(60(6)49(65)35(17-21-56-50(55)66)28-42(62)39-29-57-47(58-31(39)2)33-10-13-36(14-11-33)51(3,4)5)34-12-16-45(68-23-20-54)38(27-34)37-25-32(9-15-44(37)67-22-19-53)26-40(59-48(30)64)41(61)8-7-18-52/h9-16,25,27,29-30,35,40,46H,7-8,17,19-24,26,28,53-54H2,1-6H3,(H,59,64)(H3,55,56,66)/t30-,35-,40+,46+/m1/s1. The first-order chi connectivity index (χ1) is 32.4. The largest absolute Gasteiger partial charge is 0.492 e. The van der Waals surface area contributed by atoms with Gasteiger partial charge < -0.3 is 42.2 Å². The van der Waals surface area contributed by atoms with E-state index < -0.39 is 53.3 Å². The Hall–Kier alpha value is -7.03. The van der Waals surface area contributed by atoms with Crippen LogP contribution in [-0.2, 0) is 31.0 Å². The fourth-order valence-electron chi connectivity index (χ4n) is 8.14. The molecule has 4 atom stereocenters. The number of likely N-dealkylation sites (N-methyl/N-ethyl adjacent to an activating group) is 1. The first kappa shape index (κ1) is 51.9. The number of Topliss-reactive ketones (excluding diaryl/α,β-unsaturated/α-hetero) is 3. The van der Waals surface area contributed by atoms with Crippen molar-refractivity contribution in [3.63, 3.8) is 0 Å². The summed E-state index contributed by atoms with van der Waals surface area (Å²) in [4.78, 5) is 93.5. The van der Waals surface area contributed by atoms with Crippen LogP contribution in [0.3, 0.4) is 0 Å². The molecule has 2 heterocycles. The molecule has 1 aromatic heterocycles. The van der Waals surface area contributed by atoms with Crippen LogP contribution in [0.4, 0.5) is 4.79 Å². The van der Waals surface area contributed by atoms with Crippen molar-refractivity contribution >= 4 is 35.2 Å². The molecule has 8 N–H and O–H groups in total. The highest BCUT2D eigenvalue weighted by molar-refractivity contribution is 6.00. The number of nitrogens with two attached hydrogens (primary N) is 3. The number of hydrogen-bond donors (Lipinski definition) is 5. The van der Waals surface area contributed by atoms with Gasteiger partial charge in [0.05, 0.1) is 23.4 Å². The Balaban J connectivity index is 1.58. The van der Waals surface area contributed by atoms with Crippen LogP contribution in [0, 0.1) is 30.1 Å². The van der Waals surface area contributed by atoms with E-state index >= 15 is 0 Å². The molecule has 17 nitrogen and oxygen atoms in total. The number of urea groups is 1. The molecule has 4 amide bonds. The van der Waals surface area contributed by atoms with Crippen molar-refractivity contribution in [2.75, 3.05) is 39.9 Å². The van der Waals surface area contributed by atoms with Gasteiger partial charge in [-0.15, -0.1) is 0 Å². The Morgan fingerprint density at radius 3 is 2.21 bits per heavy atom. The number of aryl methyl sites for hydroxylation is 1. The van der Waals surface area contributed by atoms with Crippen molar-refractivity contribution in [2.24, 2.45) is 29.0 Å². The van der Waals surface area contributed by atoms with Gasteiger partial charge >= 0.3 is 6.03 Å². The zero-order valence-corrected chi connectivity index (χ0v) is 39.7. The van der Waals surface area contributed by atoms with E-state index in [0.717, 1.165) is 11.1 Å². The molecule has 0 unspecified atom stereocenters. The fourth-order valence-corrected chi connectivity index (χ4v) is 8.14. The SMILES string of the molecule is Cc1nc(-c2ccc(C(C)(C)C)cc2)ncc1C(=O)C[C@@H](CCNC(N)=O)C(=O)N(C)[C@@H]1C(=O)C[C@@H](C)C(=O)N[C@H](C(=O)CCC#N)Cc2ccc(OCCN)c(c2)-c2cc1ccc2OCCN. The van der Waals surface area contributed by atoms with Crippen molar-refractivity contribution < 1.29 is 38.2 Å². The summed E-state index contributed by atoms with van der Waals surface area (Å²) < 4.78 is 12.2. The van der Waals surface area contributed by atoms with Crippen LogP contribution in [0.15, 0.2) is 66.9 Å². The number of rotatable bonds is 18. The second kappa shape index (κ2) is 23.6. The number of aromatic nitrogens is 2. The molecule has 3 aromatic carbocycles. The maximum absolute atomic E-state index is 14.9. The number of primary amides is 1. The molecule has 0 fully saturated rings. The number of fused-ring (bicyclic) bond motifs is 5. The first-order valence-corrected chi connectivity index (χ1v) is 22.8. The van der Waals surface area contributed by atoms with E-state index in [4.69, 9.17) is 26.7 Å². The minimum absolute atomic E-state index is 0.0251. The number of nitriles is 1. The number of ether oxygens (including phenoxy) is 2.